The summed E-state index contributed by atoms with van der Waals surface area (Å²) in [5.41, 5.74) is 1.16. The van der Waals surface area contributed by atoms with Crippen LogP contribution in [0.3, 0.4) is 0 Å². The number of phenolic OH excluding ortho intramolecular Hbond substituents is 2. The van der Waals surface area contributed by atoms with E-state index in [0.29, 0.717) is 16.9 Å². The Kier molecular flexibility index (Phi) is 12.2. The first-order valence-electron chi connectivity index (χ1n) is 14.5. The van der Waals surface area contributed by atoms with Crippen LogP contribution in [0, 0.1) is 0 Å². The fourth-order valence-electron chi connectivity index (χ4n) is 5.08. The normalized spacial score (nSPS) is 31.5. The maximum Gasteiger partial charge on any atom is 0.331 e. The van der Waals surface area contributed by atoms with E-state index < -0.39 is 74.0 Å². The number of methoxy groups -OCH3 is 2. The molecule has 46 heavy (non-hydrogen) atoms. The molecule has 2 aliphatic rings. The molecular weight excluding hydrogens is 612 g/mol. The number of aliphatic hydroxyl groups is 5. The van der Waals surface area contributed by atoms with Crippen LogP contribution in [0.2, 0.25) is 0 Å². The topological polar surface area (TPSA) is 223 Å². The first-order valence-corrected chi connectivity index (χ1v) is 14.5. The molecule has 2 heterocycles. The van der Waals surface area contributed by atoms with E-state index in [2.05, 4.69) is 0 Å². The molecule has 0 spiro atoms. The lowest BCUT2D eigenvalue weighted by Gasteiger charge is -2.46. The second kappa shape index (κ2) is 15.9. The molecule has 15 nitrogen and oxygen atoms in total. The van der Waals surface area contributed by atoms with E-state index >= 15 is 0 Å². The molecule has 15 heteroatoms. The first-order chi connectivity index (χ1) is 22.0. The number of carbonyl (C=O) groups is 1. The fraction of sp³-hybridized carbons (Fsp3) is 0.516. The number of phenols is 2. The van der Waals surface area contributed by atoms with E-state index in [1.165, 1.54) is 51.5 Å². The molecule has 2 aromatic rings. The average Bonchev–Trinajstić information content (AvgIpc) is 3.04. The van der Waals surface area contributed by atoms with Gasteiger partial charge in [0.25, 0.3) is 0 Å². The molecular formula is C31H40O15. The molecule has 10 atom stereocenters. The lowest BCUT2D eigenvalue weighted by atomic mass is 9.97. The van der Waals surface area contributed by atoms with E-state index in [0.717, 1.165) is 6.08 Å². The molecule has 2 aliphatic heterocycles. The van der Waals surface area contributed by atoms with Crippen molar-refractivity contribution >= 4 is 12.0 Å². The molecule has 2 fully saturated rings. The summed E-state index contributed by atoms with van der Waals surface area (Å²) < 4.78 is 38.6. The van der Waals surface area contributed by atoms with Crippen LogP contribution in [0.25, 0.3) is 6.08 Å². The molecule has 0 saturated carbocycles. The predicted molar refractivity (Wildman–Crippen MR) is 157 cm³/mol. The Balaban J connectivity index is 1.52. The van der Waals surface area contributed by atoms with Crippen molar-refractivity contribution in [1.82, 2.24) is 0 Å². The lowest BCUT2D eigenvalue weighted by Crippen LogP contribution is -2.65. The van der Waals surface area contributed by atoms with Gasteiger partial charge in [-0.05, 0) is 54.8 Å². The Morgan fingerprint density at radius 2 is 1.59 bits per heavy atom. The number of hydrogen-bond acceptors (Lipinski definition) is 15. The molecule has 0 unspecified atom stereocenters. The Morgan fingerprint density at radius 3 is 2.26 bits per heavy atom. The maximum atomic E-state index is 12.9. The smallest absolute Gasteiger partial charge is 0.331 e. The summed E-state index contributed by atoms with van der Waals surface area (Å²) in [6.45, 7) is 0.712. The number of benzene rings is 2. The zero-order valence-electron chi connectivity index (χ0n) is 25.4. The van der Waals surface area contributed by atoms with Crippen LogP contribution in [0.1, 0.15) is 18.1 Å². The summed E-state index contributed by atoms with van der Waals surface area (Å²) in [6, 6.07) is 9.16. The summed E-state index contributed by atoms with van der Waals surface area (Å²) in [5.74, 6) is -0.625. The number of ether oxygens (including phenoxy) is 7. The highest BCUT2D eigenvalue weighted by Gasteiger charge is 2.52. The molecule has 0 bridgehead atoms. The van der Waals surface area contributed by atoms with E-state index in [1.54, 1.807) is 12.1 Å². The monoisotopic (exact) mass is 652 g/mol. The summed E-state index contributed by atoms with van der Waals surface area (Å²) in [4.78, 5) is 12.9. The molecule has 2 saturated heterocycles. The van der Waals surface area contributed by atoms with Gasteiger partial charge in [0.15, 0.2) is 41.7 Å². The SMILES string of the molecule is COc1ccc(CCO[C@@H]2O[C@H](CO)[C@@H](OC(=O)/C=C/c3ccc(O)c(OC)c3)[C@H](O[C@H]3O[C@H](C)[C@@H](O)[C@H](O)[C@@H]3O)[C@H]2O)cc1O. The molecule has 4 rings (SSSR count). The van der Waals surface area contributed by atoms with E-state index in [-0.39, 0.29) is 30.3 Å². The zero-order chi connectivity index (χ0) is 33.5. The van der Waals surface area contributed by atoms with Gasteiger partial charge in [-0.15, -0.1) is 0 Å². The number of esters is 1. The van der Waals surface area contributed by atoms with Crippen molar-refractivity contribution < 1.29 is 73.7 Å². The molecule has 0 aliphatic carbocycles. The van der Waals surface area contributed by atoms with Gasteiger partial charge in [-0.1, -0.05) is 12.1 Å². The first kappa shape index (κ1) is 35.3. The third-order valence-corrected chi connectivity index (χ3v) is 7.68. The van der Waals surface area contributed by atoms with Crippen molar-refractivity contribution in [3.63, 3.8) is 0 Å². The van der Waals surface area contributed by atoms with Crippen LogP contribution in [-0.4, -0.2) is 131 Å². The Hall–Kier alpha value is -3.51. The standard InChI is InChI=1S/C31H40O15/c1-15-24(36)25(37)26(38)31(43-15)46-29-27(39)30(42-11-10-17-5-8-20(40-2)19(34)12-17)44-22(14-32)28(29)45-23(35)9-6-16-4-7-18(33)21(13-16)41-3/h4-9,12-13,15,22,24-34,36-39H,10-11,14H2,1-3H3/b9-6+/t15-,22-,24-,25+,26+,27-,28-,29-,30-,31-/m1/s1. The van der Waals surface area contributed by atoms with Crippen LogP contribution in [0.15, 0.2) is 42.5 Å². The molecule has 0 radical (unpaired) electrons. The summed E-state index contributed by atoms with van der Waals surface area (Å²) in [5, 5.41) is 72.3. The third kappa shape index (κ3) is 8.25. The number of rotatable bonds is 12. The van der Waals surface area contributed by atoms with Crippen LogP contribution < -0.4 is 9.47 Å². The zero-order valence-corrected chi connectivity index (χ0v) is 25.4. The number of aromatic hydroxyl groups is 2. The Morgan fingerprint density at radius 1 is 0.848 bits per heavy atom. The largest absolute Gasteiger partial charge is 0.504 e. The highest BCUT2D eigenvalue weighted by Crippen LogP contribution is 2.32. The lowest BCUT2D eigenvalue weighted by molar-refractivity contribution is -0.357. The van der Waals surface area contributed by atoms with Gasteiger partial charge in [-0.3, -0.25) is 0 Å². The van der Waals surface area contributed by atoms with E-state index in [1.807, 2.05) is 0 Å². The van der Waals surface area contributed by atoms with Gasteiger partial charge in [-0.25, -0.2) is 4.79 Å². The fourth-order valence-corrected chi connectivity index (χ4v) is 5.08. The maximum absolute atomic E-state index is 12.9. The van der Waals surface area contributed by atoms with Crippen molar-refractivity contribution in [2.24, 2.45) is 0 Å². The Labute approximate surface area is 264 Å². The quantitative estimate of drug-likeness (QED) is 0.114. The predicted octanol–water partition coefficient (Wildman–Crippen LogP) is -0.410. The summed E-state index contributed by atoms with van der Waals surface area (Å²) in [7, 11) is 2.79. The van der Waals surface area contributed by atoms with Gasteiger partial charge >= 0.3 is 5.97 Å². The van der Waals surface area contributed by atoms with E-state index in [4.69, 9.17) is 33.2 Å². The number of carbonyl (C=O) groups excluding carboxylic acids is 1. The van der Waals surface area contributed by atoms with Crippen LogP contribution >= 0.6 is 0 Å². The second-order valence-corrected chi connectivity index (χ2v) is 10.8. The average molecular weight is 653 g/mol. The minimum absolute atomic E-state index is 0.0217. The van der Waals surface area contributed by atoms with Crippen molar-refractivity contribution in [3.8, 4) is 23.0 Å². The molecule has 7 N–H and O–H groups in total. The molecule has 0 amide bonds. The van der Waals surface area contributed by atoms with Crippen LogP contribution in [0.5, 0.6) is 23.0 Å². The van der Waals surface area contributed by atoms with Gasteiger partial charge in [0, 0.05) is 6.08 Å². The minimum Gasteiger partial charge on any atom is -0.504 e. The van der Waals surface area contributed by atoms with Crippen molar-refractivity contribution in [3.05, 3.63) is 53.6 Å². The van der Waals surface area contributed by atoms with Crippen LogP contribution in [0.4, 0.5) is 0 Å². The summed E-state index contributed by atoms with van der Waals surface area (Å²) in [6.07, 6.45) is -12.1. The number of hydrogen-bond donors (Lipinski definition) is 7. The number of aliphatic hydroxyl groups excluding tert-OH is 5. The molecule has 2 aromatic carbocycles. The third-order valence-electron chi connectivity index (χ3n) is 7.68. The molecule has 254 valence electrons. The van der Waals surface area contributed by atoms with Crippen molar-refractivity contribution in [1.29, 1.82) is 0 Å². The van der Waals surface area contributed by atoms with E-state index in [9.17, 15) is 40.5 Å². The highest BCUT2D eigenvalue weighted by molar-refractivity contribution is 5.87. The van der Waals surface area contributed by atoms with Crippen molar-refractivity contribution in [2.45, 2.75) is 74.8 Å². The van der Waals surface area contributed by atoms with Gasteiger partial charge < -0.3 is 68.9 Å². The Bertz CT molecular complexity index is 1340. The second-order valence-electron chi connectivity index (χ2n) is 10.8. The van der Waals surface area contributed by atoms with Crippen LogP contribution in [-0.2, 0) is 34.9 Å². The summed E-state index contributed by atoms with van der Waals surface area (Å²) >= 11 is 0. The van der Waals surface area contributed by atoms with Gasteiger partial charge in [0.2, 0.25) is 0 Å². The van der Waals surface area contributed by atoms with Gasteiger partial charge in [0.05, 0.1) is 33.5 Å². The highest BCUT2D eigenvalue weighted by atomic mass is 16.7. The van der Waals surface area contributed by atoms with Crippen molar-refractivity contribution in [2.75, 3.05) is 27.4 Å². The van der Waals surface area contributed by atoms with Gasteiger partial charge in [-0.2, -0.15) is 0 Å². The minimum atomic E-state index is -1.75. The van der Waals surface area contributed by atoms with Gasteiger partial charge in [0.1, 0.15) is 36.6 Å². The molecule has 0 aromatic heterocycles.